The van der Waals surface area contributed by atoms with Crippen LogP contribution in [-0.2, 0) is 4.79 Å². The third-order valence-electron chi connectivity index (χ3n) is 4.78. The molecule has 9 nitrogen and oxygen atoms in total. The fraction of sp³-hybridized carbons (Fsp3) is 0.0952. The Hall–Kier alpha value is -3.98. The number of carbonyl (C=O) groups excluding carboxylic acids is 1. The van der Waals surface area contributed by atoms with Gasteiger partial charge in [0.2, 0.25) is 5.91 Å². The lowest BCUT2D eigenvalue weighted by Crippen LogP contribution is -2.07. The predicted octanol–water partition coefficient (Wildman–Crippen LogP) is 3.75. The summed E-state index contributed by atoms with van der Waals surface area (Å²) in [7, 11) is 1.57. The number of benzene rings is 1. The van der Waals surface area contributed by atoms with Gasteiger partial charge in [-0.1, -0.05) is 11.6 Å². The molecule has 10 heteroatoms. The van der Waals surface area contributed by atoms with Gasteiger partial charge in [0.25, 0.3) is 0 Å². The van der Waals surface area contributed by atoms with E-state index < -0.39 is 0 Å². The van der Waals surface area contributed by atoms with Gasteiger partial charge in [-0.25, -0.2) is 14.2 Å². The summed E-state index contributed by atoms with van der Waals surface area (Å²) in [5.41, 5.74) is 3.46. The maximum absolute atomic E-state index is 11.7. The molecular formula is C21H16ClN7O2. The molecule has 0 unspecified atom stereocenters. The molecule has 4 heterocycles. The van der Waals surface area contributed by atoms with Crippen molar-refractivity contribution in [1.29, 1.82) is 0 Å². The third-order valence-corrected chi connectivity index (χ3v) is 5.02. The number of aromatic nitrogens is 6. The van der Waals surface area contributed by atoms with Crippen molar-refractivity contribution in [2.24, 2.45) is 0 Å². The highest BCUT2D eigenvalue weighted by atomic mass is 35.5. The van der Waals surface area contributed by atoms with Gasteiger partial charge in [0.15, 0.2) is 11.5 Å². The Morgan fingerprint density at radius 1 is 1.19 bits per heavy atom. The van der Waals surface area contributed by atoms with Crippen LogP contribution >= 0.6 is 11.6 Å². The van der Waals surface area contributed by atoms with Crippen molar-refractivity contribution >= 4 is 39.9 Å². The van der Waals surface area contributed by atoms with Crippen LogP contribution in [0.1, 0.15) is 6.92 Å². The molecule has 31 heavy (non-hydrogen) atoms. The molecule has 0 aliphatic rings. The number of anilines is 1. The van der Waals surface area contributed by atoms with Crippen LogP contribution in [0.3, 0.4) is 0 Å². The number of pyridine rings is 1. The summed E-state index contributed by atoms with van der Waals surface area (Å²) in [6, 6.07) is 8.93. The van der Waals surface area contributed by atoms with Gasteiger partial charge in [0.1, 0.15) is 11.4 Å². The highest BCUT2D eigenvalue weighted by Gasteiger charge is 2.19. The van der Waals surface area contributed by atoms with E-state index in [1.54, 1.807) is 59.2 Å². The number of nitrogens with one attached hydrogen (secondary N) is 1. The first kappa shape index (κ1) is 19.0. The second-order valence-corrected chi connectivity index (χ2v) is 7.23. The first-order chi connectivity index (χ1) is 15.0. The average molecular weight is 434 g/mol. The summed E-state index contributed by atoms with van der Waals surface area (Å²) in [5.74, 6) is 0.737. The number of amides is 1. The second-order valence-electron chi connectivity index (χ2n) is 6.79. The van der Waals surface area contributed by atoms with E-state index in [2.05, 4.69) is 25.5 Å². The Labute approximate surface area is 181 Å². The van der Waals surface area contributed by atoms with E-state index in [0.717, 1.165) is 5.56 Å². The average Bonchev–Trinajstić information content (AvgIpc) is 3.35. The summed E-state index contributed by atoms with van der Waals surface area (Å²) in [4.78, 5) is 20.7. The van der Waals surface area contributed by atoms with Gasteiger partial charge >= 0.3 is 0 Å². The predicted molar refractivity (Wildman–Crippen MR) is 117 cm³/mol. The van der Waals surface area contributed by atoms with Gasteiger partial charge in [-0.3, -0.25) is 9.78 Å². The van der Waals surface area contributed by atoms with E-state index in [4.69, 9.17) is 16.3 Å². The number of carbonyl (C=O) groups is 1. The number of fused-ring (bicyclic) bond motifs is 2. The highest BCUT2D eigenvalue weighted by Crippen LogP contribution is 2.33. The standard InChI is InChI=1S/C21H16ClN7O2/c1-12(30)26-20-15-10-24-16(14-11-25-28-7-3-6-23-21(14)28)9-17(15)29(27-20)18-8-13(22)4-5-19(18)31-2/h3-11H,1-2H3,(H,26,27,30). The number of hydrogen-bond acceptors (Lipinski definition) is 6. The smallest absolute Gasteiger partial charge is 0.222 e. The van der Waals surface area contributed by atoms with E-state index >= 15 is 0 Å². The van der Waals surface area contributed by atoms with Crippen molar-refractivity contribution in [2.75, 3.05) is 12.4 Å². The van der Waals surface area contributed by atoms with E-state index in [9.17, 15) is 4.79 Å². The van der Waals surface area contributed by atoms with E-state index in [1.807, 2.05) is 12.3 Å². The number of hydrogen-bond donors (Lipinski definition) is 1. The molecule has 4 aromatic heterocycles. The quantitative estimate of drug-likeness (QED) is 0.463. The lowest BCUT2D eigenvalue weighted by Gasteiger charge is -2.10. The molecule has 5 rings (SSSR count). The molecule has 0 fully saturated rings. The summed E-state index contributed by atoms with van der Waals surface area (Å²) >= 11 is 6.25. The van der Waals surface area contributed by atoms with Crippen LogP contribution < -0.4 is 10.1 Å². The van der Waals surface area contributed by atoms with Crippen LogP contribution in [0, 0.1) is 0 Å². The fourth-order valence-electron chi connectivity index (χ4n) is 3.44. The van der Waals surface area contributed by atoms with E-state index in [0.29, 0.717) is 44.5 Å². The summed E-state index contributed by atoms with van der Waals surface area (Å²) < 4.78 is 8.87. The number of rotatable bonds is 4. The molecule has 0 aliphatic carbocycles. The Kier molecular flexibility index (Phi) is 4.52. The molecule has 0 aliphatic heterocycles. The van der Waals surface area contributed by atoms with Crippen molar-refractivity contribution in [3.8, 4) is 22.7 Å². The van der Waals surface area contributed by atoms with Crippen molar-refractivity contribution in [2.45, 2.75) is 6.92 Å². The monoisotopic (exact) mass is 433 g/mol. The Balaban J connectivity index is 1.78. The van der Waals surface area contributed by atoms with Gasteiger partial charge in [-0.05, 0) is 30.3 Å². The Bertz CT molecular complexity index is 1460. The lowest BCUT2D eigenvalue weighted by atomic mass is 10.2. The molecule has 1 aromatic carbocycles. The van der Waals surface area contributed by atoms with Gasteiger partial charge in [0.05, 0.1) is 35.5 Å². The molecular weight excluding hydrogens is 418 g/mol. The Morgan fingerprint density at radius 3 is 2.87 bits per heavy atom. The second kappa shape index (κ2) is 7.37. The van der Waals surface area contributed by atoms with Crippen molar-refractivity contribution in [1.82, 2.24) is 29.4 Å². The molecule has 1 amide bonds. The summed E-state index contributed by atoms with van der Waals surface area (Å²) in [5, 5.41) is 12.9. The van der Waals surface area contributed by atoms with Crippen LogP contribution in [0.2, 0.25) is 5.02 Å². The lowest BCUT2D eigenvalue weighted by molar-refractivity contribution is -0.114. The molecule has 0 saturated heterocycles. The maximum atomic E-state index is 11.7. The first-order valence-corrected chi connectivity index (χ1v) is 9.72. The highest BCUT2D eigenvalue weighted by molar-refractivity contribution is 6.30. The largest absolute Gasteiger partial charge is 0.494 e. The maximum Gasteiger partial charge on any atom is 0.222 e. The zero-order valence-corrected chi connectivity index (χ0v) is 17.3. The van der Waals surface area contributed by atoms with E-state index in [1.165, 1.54) is 6.92 Å². The van der Waals surface area contributed by atoms with Crippen molar-refractivity contribution in [3.05, 3.63) is 60.1 Å². The SMILES string of the molecule is COc1ccc(Cl)cc1-n1nc(NC(C)=O)c2cnc(-c3cnn4cccnc34)cc21. The summed E-state index contributed by atoms with van der Waals surface area (Å²) in [6.07, 6.45) is 6.91. The van der Waals surface area contributed by atoms with E-state index in [-0.39, 0.29) is 5.91 Å². The minimum absolute atomic E-state index is 0.236. The molecule has 154 valence electrons. The third kappa shape index (κ3) is 3.24. The van der Waals surface area contributed by atoms with Gasteiger partial charge in [-0.2, -0.15) is 5.10 Å². The van der Waals surface area contributed by atoms with Crippen LogP contribution in [0.15, 0.2) is 55.1 Å². The normalized spacial score (nSPS) is 11.2. The zero-order valence-electron chi connectivity index (χ0n) is 16.6. The minimum Gasteiger partial charge on any atom is -0.494 e. The van der Waals surface area contributed by atoms with Crippen molar-refractivity contribution in [3.63, 3.8) is 0 Å². The van der Waals surface area contributed by atoms with Gasteiger partial charge in [-0.15, -0.1) is 5.10 Å². The van der Waals surface area contributed by atoms with Gasteiger partial charge < -0.3 is 10.1 Å². The number of ether oxygens (including phenoxy) is 1. The topological polar surface area (TPSA) is 99.2 Å². The molecule has 0 saturated carbocycles. The molecule has 5 aromatic rings. The van der Waals surface area contributed by atoms with Crippen LogP contribution in [0.5, 0.6) is 5.75 Å². The van der Waals surface area contributed by atoms with Crippen LogP contribution in [0.4, 0.5) is 5.82 Å². The molecule has 0 bridgehead atoms. The molecule has 0 radical (unpaired) electrons. The van der Waals surface area contributed by atoms with Crippen molar-refractivity contribution < 1.29 is 9.53 Å². The summed E-state index contributed by atoms with van der Waals surface area (Å²) in [6.45, 7) is 1.43. The van der Waals surface area contributed by atoms with Gasteiger partial charge in [0, 0.05) is 30.5 Å². The number of nitrogens with zero attached hydrogens (tertiary/aromatic N) is 6. The number of methoxy groups -OCH3 is 1. The molecule has 0 atom stereocenters. The fourth-order valence-corrected chi connectivity index (χ4v) is 3.60. The molecule has 1 N–H and O–H groups in total. The van der Waals surface area contributed by atoms with Crippen LogP contribution in [-0.4, -0.2) is 42.4 Å². The van der Waals surface area contributed by atoms with Crippen LogP contribution in [0.25, 0.3) is 33.5 Å². The zero-order chi connectivity index (χ0) is 21.5. The molecule has 0 spiro atoms. The Morgan fingerprint density at radius 2 is 2.06 bits per heavy atom. The first-order valence-electron chi connectivity index (χ1n) is 9.34. The minimum atomic E-state index is -0.236. The number of halogens is 1.